The molecule has 3 aromatic rings. The quantitative estimate of drug-likeness (QED) is 0.354. The standard InChI is InChI=1S/C29H30N6O3S2/c1-15-6-8-19(16(2)10-15)32-23(37)14-39-28-34-33-27(40-28)35-20-11-29(4,5)12-21(36)25(20)24(18(13-30)26(35)31)22-9-7-17(3)38-22/h6-10,24H,11-12,14,31H2,1-5H3,(H,32,37). The SMILES string of the molecule is Cc1ccc(NC(=O)CSc2nnc(N3C(N)=C(C#N)C(c4ccc(C)o4)C4=C3CC(C)(C)CC4=O)s2)c(C)c1. The summed E-state index contributed by atoms with van der Waals surface area (Å²) < 4.78 is 6.47. The number of hydrogen-bond donors (Lipinski definition) is 2. The number of Topliss-reactive ketones (excluding diaryl/α,β-unsaturated/α-hetero) is 1. The minimum atomic E-state index is -0.677. The summed E-state index contributed by atoms with van der Waals surface area (Å²) in [4.78, 5) is 27.9. The number of thioether (sulfide) groups is 1. The number of furan rings is 1. The molecule has 9 nitrogen and oxygen atoms in total. The lowest BCUT2D eigenvalue weighted by molar-refractivity contribution is -0.118. The summed E-state index contributed by atoms with van der Waals surface area (Å²) in [6.07, 6.45) is 0.908. The minimum absolute atomic E-state index is 0.0438. The summed E-state index contributed by atoms with van der Waals surface area (Å²) >= 11 is 2.53. The summed E-state index contributed by atoms with van der Waals surface area (Å²) in [5.41, 5.74) is 10.7. The van der Waals surface area contributed by atoms with Crippen LogP contribution in [0.2, 0.25) is 0 Å². The second-order valence-corrected chi connectivity index (χ2v) is 13.1. The topological polar surface area (TPSA) is 138 Å². The Labute approximate surface area is 241 Å². The van der Waals surface area contributed by atoms with Gasteiger partial charge in [0.05, 0.1) is 23.3 Å². The van der Waals surface area contributed by atoms with Gasteiger partial charge in [-0.05, 0) is 56.4 Å². The predicted octanol–water partition coefficient (Wildman–Crippen LogP) is 5.73. The molecule has 1 aromatic carbocycles. The van der Waals surface area contributed by atoms with Gasteiger partial charge in [0, 0.05) is 23.4 Å². The second kappa shape index (κ2) is 10.6. The summed E-state index contributed by atoms with van der Waals surface area (Å²) in [6, 6.07) is 11.7. The predicted molar refractivity (Wildman–Crippen MR) is 156 cm³/mol. The maximum atomic E-state index is 13.6. The molecule has 206 valence electrons. The molecule has 0 saturated heterocycles. The van der Waals surface area contributed by atoms with Gasteiger partial charge in [-0.1, -0.05) is 54.6 Å². The van der Waals surface area contributed by atoms with Gasteiger partial charge in [0.25, 0.3) is 0 Å². The van der Waals surface area contributed by atoms with Crippen LogP contribution in [0.25, 0.3) is 0 Å². The van der Waals surface area contributed by atoms with Crippen LogP contribution >= 0.6 is 23.1 Å². The van der Waals surface area contributed by atoms with E-state index in [0.717, 1.165) is 16.8 Å². The molecule has 0 saturated carbocycles. The fraction of sp³-hybridized carbons (Fsp3) is 0.345. The van der Waals surface area contributed by atoms with Crippen LogP contribution in [0.3, 0.4) is 0 Å². The molecule has 0 radical (unpaired) electrons. The number of anilines is 2. The highest BCUT2D eigenvalue weighted by atomic mass is 32.2. The van der Waals surface area contributed by atoms with E-state index in [-0.39, 0.29) is 34.3 Å². The molecule has 0 spiro atoms. The van der Waals surface area contributed by atoms with Gasteiger partial charge in [0.15, 0.2) is 10.1 Å². The number of aryl methyl sites for hydroxylation is 3. The van der Waals surface area contributed by atoms with Crippen LogP contribution in [0.1, 0.15) is 55.3 Å². The highest BCUT2D eigenvalue weighted by Gasteiger charge is 2.46. The molecule has 5 rings (SSSR count). The van der Waals surface area contributed by atoms with E-state index < -0.39 is 5.92 Å². The third-order valence-electron chi connectivity index (χ3n) is 7.00. The molecular formula is C29H30N6O3S2. The van der Waals surface area contributed by atoms with E-state index in [1.54, 1.807) is 11.0 Å². The molecule has 2 aliphatic rings. The number of carbonyl (C=O) groups is 2. The second-order valence-electron chi connectivity index (χ2n) is 10.9. The molecule has 40 heavy (non-hydrogen) atoms. The number of allylic oxidation sites excluding steroid dienone is 3. The van der Waals surface area contributed by atoms with Crippen LogP contribution in [0.4, 0.5) is 10.8 Å². The van der Waals surface area contributed by atoms with Gasteiger partial charge in [0.2, 0.25) is 11.0 Å². The molecule has 11 heteroatoms. The summed E-state index contributed by atoms with van der Waals surface area (Å²) in [6.45, 7) is 9.85. The Bertz CT molecular complexity index is 1620. The number of hydrogen-bond acceptors (Lipinski definition) is 10. The Morgan fingerprint density at radius 3 is 2.70 bits per heavy atom. The first kappa shape index (κ1) is 27.7. The third kappa shape index (κ3) is 5.29. The smallest absolute Gasteiger partial charge is 0.234 e. The maximum Gasteiger partial charge on any atom is 0.234 e. The molecule has 1 amide bonds. The number of nitrogens with zero attached hydrogens (tertiary/aromatic N) is 4. The zero-order chi connectivity index (χ0) is 28.8. The Balaban J connectivity index is 1.44. The van der Waals surface area contributed by atoms with E-state index in [0.29, 0.717) is 45.1 Å². The van der Waals surface area contributed by atoms with E-state index in [1.165, 1.54) is 23.1 Å². The molecule has 2 aromatic heterocycles. The average Bonchev–Trinajstić information content (AvgIpc) is 3.52. The van der Waals surface area contributed by atoms with E-state index >= 15 is 0 Å². The summed E-state index contributed by atoms with van der Waals surface area (Å²) in [7, 11) is 0. The average molecular weight is 575 g/mol. The van der Waals surface area contributed by atoms with Crippen molar-refractivity contribution in [1.29, 1.82) is 5.26 Å². The lowest BCUT2D eigenvalue weighted by atomic mass is 9.69. The van der Waals surface area contributed by atoms with E-state index in [1.807, 2.05) is 58.9 Å². The fourth-order valence-electron chi connectivity index (χ4n) is 5.24. The first-order valence-electron chi connectivity index (χ1n) is 12.8. The van der Waals surface area contributed by atoms with Crippen LogP contribution < -0.4 is 16.0 Å². The largest absolute Gasteiger partial charge is 0.465 e. The van der Waals surface area contributed by atoms with Crippen molar-refractivity contribution in [2.45, 2.75) is 57.7 Å². The van der Waals surface area contributed by atoms with Gasteiger partial charge in [-0.15, -0.1) is 10.2 Å². The first-order chi connectivity index (χ1) is 19.0. The molecule has 3 N–H and O–H groups in total. The molecular weight excluding hydrogens is 544 g/mol. The van der Waals surface area contributed by atoms with E-state index in [9.17, 15) is 14.9 Å². The van der Waals surface area contributed by atoms with Crippen molar-refractivity contribution in [3.8, 4) is 6.07 Å². The lowest BCUT2D eigenvalue weighted by Gasteiger charge is -2.42. The number of aromatic nitrogens is 2. The van der Waals surface area contributed by atoms with Gasteiger partial charge in [-0.2, -0.15) is 5.26 Å². The third-order valence-corrected chi connectivity index (χ3v) is 9.04. The van der Waals surface area contributed by atoms with Gasteiger partial charge in [-0.25, -0.2) is 0 Å². The number of carbonyl (C=O) groups excluding carboxylic acids is 2. The Morgan fingerprint density at radius 1 is 1.25 bits per heavy atom. The molecule has 3 heterocycles. The Hall–Kier alpha value is -3.88. The van der Waals surface area contributed by atoms with Crippen LogP contribution in [0, 0.1) is 37.5 Å². The molecule has 0 bridgehead atoms. The molecule has 1 aliphatic carbocycles. The van der Waals surface area contributed by atoms with Crippen molar-refractivity contribution in [2.24, 2.45) is 11.1 Å². The van der Waals surface area contributed by atoms with E-state index in [4.69, 9.17) is 10.2 Å². The lowest BCUT2D eigenvalue weighted by Crippen LogP contribution is -2.42. The number of nitriles is 1. The van der Waals surface area contributed by atoms with Crippen molar-refractivity contribution in [3.63, 3.8) is 0 Å². The van der Waals surface area contributed by atoms with Crippen LogP contribution in [0.5, 0.6) is 0 Å². The van der Waals surface area contributed by atoms with Gasteiger partial charge in [0.1, 0.15) is 17.3 Å². The zero-order valence-corrected chi connectivity index (χ0v) is 24.6. The monoisotopic (exact) mass is 574 g/mol. The van der Waals surface area contributed by atoms with Crippen molar-refractivity contribution in [3.05, 3.63) is 75.6 Å². The van der Waals surface area contributed by atoms with Crippen LogP contribution in [0.15, 0.2) is 61.8 Å². The number of ketones is 1. The normalized spacial score (nSPS) is 18.6. The molecule has 1 aliphatic heterocycles. The summed E-state index contributed by atoms with van der Waals surface area (Å²) in [5.74, 6) is 0.676. The number of nitrogens with one attached hydrogen (secondary N) is 1. The maximum absolute atomic E-state index is 13.6. The number of amides is 1. The van der Waals surface area contributed by atoms with Crippen molar-refractivity contribution in [1.82, 2.24) is 10.2 Å². The highest BCUT2D eigenvalue weighted by Crippen LogP contribution is 2.51. The van der Waals surface area contributed by atoms with Crippen molar-refractivity contribution >= 4 is 45.6 Å². The van der Waals surface area contributed by atoms with Crippen LogP contribution in [-0.4, -0.2) is 27.6 Å². The van der Waals surface area contributed by atoms with Gasteiger partial charge in [-0.3, -0.25) is 14.5 Å². The van der Waals surface area contributed by atoms with Gasteiger partial charge >= 0.3 is 0 Å². The fourth-order valence-corrected chi connectivity index (χ4v) is 6.92. The Kier molecular flexibility index (Phi) is 7.33. The molecule has 1 unspecified atom stereocenters. The minimum Gasteiger partial charge on any atom is -0.465 e. The molecule has 1 atom stereocenters. The first-order valence-corrected chi connectivity index (χ1v) is 14.6. The van der Waals surface area contributed by atoms with Crippen LogP contribution in [-0.2, 0) is 9.59 Å². The number of benzene rings is 1. The molecule has 0 fully saturated rings. The van der Waals surface area contributed by atoms with Crippen molar-refractivity contribution in [2.75, 3.05) is 16.0 Å². The number of rotatable bonds is 6. The van der Waals surface area contributed by atoms with Gasteiger partial charge < -0.3 is 15.5 Å². The van der Waals surface area contributed by atoms with Crippen molar-refractivity contribution < 1.29 is 14.0 Å². The number of nitrogens with two attached hydrogens (primary N) is 1. The zero-order valence-electron chi connectivity index (χ0n) is 23.0. The highest BCUT2D eigenvalue weighted by molar-refractivity contribution is 8.01. The van der Waals surface area contributed by atoms with E-state index in [2.05, 4.69) is 21.6 Å². The Morgan fingerprint density at radius 2 is 2.02 bits per heavy atom. The summed E-state index contributed by atoms with van der Waals surface area (Å²) in [5, 5.41) is 22.2.